The van der Waals surface area contributed by atoms with Gasteiger partial charge in [-0.05, 0) is 47.5 Å². The molecule has 1 saturated heterocycles. The van der Waals surface area contributed by atoms with Crippen LogP contribution in [0.5, 0.6) is 0 Å². The van der Waals surface area contributed by atoms with Gasteiger partial charge in [0.1, 0.15) is 0 Å². The Morgan fingerprint density at radius 3 is 2.12 bits per heavy atom. The van der Waals surface area contributed by atoms with E-state index < -0.39 is 0 Å². The van der Waals surface area contributed by atoms with Crippen LogP contribution < -0.4 is 10.7 Å². The number of piperidine rings is 1. The number of rotatable bonds is 4. The Bertz CT molecular complexity index is 188. The summed E-state index contributed by atoms with van der Waals surface area (Å²) in [7, 11) is 0. The second-order valence-electron chi connectivity index (χ2n) is 6.12. The molecule has 0 amide bonds. The number of hydrogen-bond donors (Lipinski definition) is 2. The molecule has 3 nitrogen and oxygen atoms in total. The quantitative estimate of drug-likeness (QED) is 0.721. The van der Waals surface area contributed by atoms with Crippen LogP contribution in [0, 0.1) is 0 Å². The molecule has 1 rings (SSSR count). The van der Waals surface area contributed by atoms with E-state index in [1.807, 2.05) is 0 Å². The van der Waals surface area contributed by atoms with E-state index in [9.17, 15) is 0 Å². The van der Waals surface area contributed by atoms with Crippen molar-refractivity contribution in [3.05, 3.63) is 0 Å². The lowest BCUT2D eigenvalue weighted by molar-refractivity contribution is 0.0464. The van der Waals surface area contributed by atoms with Crippen LogP contribution in [-0.2, 0) is 0 Å². The lowest BCUT2D eigenvalue weighted by Gasteiger charge is -2.39. The van der Waals surface area contributed by atoms with Crippen molar-refractivity contribution < 1.29 is 0 Å². The van der Waals surface area contributed by atoms with E-state index >= 15 is 0 Å². The second kappa shape index (κ2) is 5.99. The van der Waals surface area contributed by atoms with Gasteiger partial charge in [-0.2, -0.15) is 0 Å². The van der Waals surface area contributed by atoms with Crippen LogP contribution in [0.4, 0.5) is 0 Å². The van der Waals surface area contributed by atoms with Crippen LogP contribution in [0.1, 0.15) is 53.9 Å². The Kier molecular flexibility index (Phi) is 5.22. The summed E-state index contributed by atoms with van der Waals surface area (Å²) >= 11 is 0. The third-order valence-electron chi connectivity index (χ3n) is 3.27. The summed E-state index contributed by atoms with van der Waals surface area (Å²) in [5.74, 6) is 0. The molecule has 3 heteroatoms. The van der Waals surface area contributed by atoms with Crippen LogP contribution in [-0.4, -0.2) is 35.7 Å². The SMILES string of the molecule is CC1CCCC(C)N1NCCNC(C)(C)C. The Hall–Kier alpha value is -0.120. The van der Waals surface area contributed by atoms with Crippen LogP contribution in [0.2, 0.25) is 0 Å². The van der Waals surface area contributed by atoms with E-state index in [2.05, 4.69) is 50.4 Å². The van der Waals surface area contributed by atoms with E-state index in [0.29, 0.717) is 12.1 Å². The predicted octanol–water partition coefficient (Wildman–Crippen LogP) is 2.14. The highest BCUT2D eigenvalue weighted by Gasteiger charge is 2.23. The van der Waals surface area contributed by atoms with E-state index in [1.54, 1.807) is 0 Å². The molecule has 1 aliphatic rings. The molecular weight excluding hydrogens is 198 g/mol. The van der Waals surface area contributed by atoms with E-state index in [1.165, 1.54) is 19.3 Å². The molecule has 0 bridgehead atoms. The van der Waals surface area contributed by atoms with Crippen LogP contribution in [0.15, 0.2) is 0 Å². The molecule has 1 heterocycles. The van der Waals surface area contributed by atoms with Crippen LogP contribution in [0.3, 0.4) is 0 Å². The maximum absolute atomic E-state index is 3.56. The minimum Gasteiger partial charge on any atom is -0.311 e. The van der Waals surface area contributed by atoms with Crippen molar-refractivity contribution in [3.8, 4) is 0 Å². The molecule has 0 aromatic rings. The molecule has 2 atom stereocenters. The van der Waals surface area contributed by atoms with Gasteiger partial charge in [0, 0.05) is 30.7 Å². The highest BCUT2D eigenvalue weighted by molar-refractivity contribution is 4.77. The molecule has 0 radical (unpaired) electrons. The molecule has 96 valence electrons. The Labute approximate surface area is 101 Å². The lowest BCUT2D eigenvalue weighted by Crippen LogP contribution is -2.54. The Balaban J connectivity index is 2.20. The number of nitrogens with zero attached hydrogens (tertiary/aromatic N) is 1. The smallest absolute Gasteiger partial charge is 0.0228 e. The molecule has 16 heavy (non-hydrogen) atoms. The first kappa shape index (κ1) is 13.9. The van der Waals surface area contributed by atoms with Crippen molar-refractivity contribution in [2.45, 2.75) is 71.5 Å². The third kappa shape index (κ3) is 4.81. The topological polar surface area (TPSA) is 27.3 Å². The summed E-state index contributed by atoms with van der Waals surface area (Å²) in [4.78, 5) is 0. The fourth-order valence-electron chi connectivity index (χ4n) is 2.36. The molecule has 0 saturated carbocycles. The number of hydrazine groups is 1. The van der Waals surface area contributed by atoms with E-state index in [4.69, 9.17) is 0 Å². The van der Waals surface area contributed by atoms with Gasteiger partial charge < -0.3 is 5.32 Å². The minimum atomic E-state index is 0.223. The second-order valence-corrected chi connectivity index (χ2v) is 6.12. The van der Waals surface area contributed by atoms with Gasteiger partial charge in [-0.25, -0.2) is 5.01 Å². The average molecular weight is 227 g/mol. The minimum absolute atomic E-state index is 0.223. The van der Waals surface area contributed by atoms with Gasteiger partial charge in [-0.3, -0.25) is 5.43 Å². The first-order valence-electron chi connectivity index (χ1n) is 6.67. The van der Waals surface area contributed by atoms with Crippen molar-refractivity contribution >= 4 is 0 Å². The maximum Gasteiger partial charge on any atom is 0.0228 e. The van der Waals surface area contributed by atoms with Gasteiger partial charge in [0.2, 0.25) is 0 Å². The zero-order valence-corrected chi connectivity index (χ0v) is 11.6. The first-order chi connectivity index (χ1) is 7.40. The van der Waals surface area contributed by atoms with Gasteiger partial charge in [0.05, 0.1) is 0 Å². The normalized spacial score (nSPS) is 28.3. The van der Waals surface area contributed by atoms with Crippen molar-refractivity contribution in [2.24, 2.45) is 0 Å². The van der Waals surface area contributed by atoms with Gasteiger partial charge in [-0.15, -0.1) is 0 Å². The standard InChI is InChI=1S/C13H29N3/c1-11-7-6-8-12(2)16(11)15-10-9-14-13(3,4)5/h11-12,14-15H,6-10H2,1-5H3. The number of hydrogen-bond acceptors (Lipinski definition) is 3. The Morgan fingerprint density at radius 2 is 1.62 bits per heavy atom. The van der Waals surface area contributed by atoms with Crippen LogP contribution in [0.25, 0.3) is 0 Å². The molecule has 0 spiro atoms. The molecule has 1 aliphatic heterocycles. The highest BCUT2D eigenvalue weighted by atomic mass is 15.5. The summed E-state index contributed by atoms with van der Waals surface area (Å²) in [6.45, 7) is 13.3. The van der Waals surface area contributed by atoms with Gasteiger partial charge in [0.15, 0.2) is 0 Å². The summed E-state index contributed by atoms with van der Waals surface area (Å²) in [5, 5.41) is 5.94. The molecule has 1 fully saturated rings. The number of nitrogens with one attached hydrogen (secondary N) is 2. The Morgan fingerprint density at radius 1 is 1.06 bits per heavy atom. The van der Waals surface area contributed by atoms with Crippen molar-refractivity contribution in [1.29, 1.82) is 0 Å². The lowest BCUT2D eigenvalue weighted by atomic mass is 10.00. The van der Waals surface area contributed by atoms with Gasteiger partial charge in [0.25, 0.3) is 0 Å². The predicted molar refractivity (Wildman–Crippen MR) is 70.4 cm³/mol. The molecule has 2 unspecified atom stereocenters. The van der Waals surface area contributed by atoms with Crippen LogP contribution >= 0.6 is 0 Å². The molecule has 2 N–H and O–H groups in total. The fourth-order valence-corrected chi connectivity index (χ4v) is 2.36. The zero-order chi connectivity index (χ0) is 12.2. The molecule has 0 aromatic carbocycles. The third-order valence-corrected chi connectivity index (χ3v) is 3.27. The maximum atomic E-state index is 3.56. The average Bonchev–Trinajstić information content (AvgIpc) is 2.14. The zero-order valence-electron chi connectivity index (χ0n) is 11.6. The van der Waals surface area contributed by atoms with Gasteiger partial charge >= 0.3 is 0 Å². The summed E-state index contributed by atoms with van der Waals surface area (Å²) in [6.07, 6.45) is 4.02. The molecule has 0 aliphatic carbocycles. The summed E-state index contributed by atoms with van der Waals surface area (Å²) < 4.78 is 0. The van der Waals surface area contributed by atoms with Crippen molar-refractivity contribution in [2.75, 3.05) is 13.1 Å². The molecule has 0 aromatic heterocycles. The van der Waals surface area contributed by atoms with E-state index in [-0.39, 0.29) is 5.54 Å². The summed E-state index contributed by atoms with van der Waals surface area (Å²) in [6, 6.07) is 1.36. The first-order valence-corrected chi connectivity index (χ1v) is 6.67. The summed E-state index contributed by atoms with van der Waals surface area (Å²) in [5.41, 5.74) is 3.79. The highest BCUT2D eigenvalue weighted by Crippen LogP contribution is 2.19. The van der Waals surface area contributed by atoms with Gasteiger partial charge in [-0.1, -0.05) is 6.42 Å². The fraction of sp³-hybridized carbons (Fsp3) is 1.00. The molecular formula is C13H29N3. The van der Waals surface area contributed by atoms with Crippen molar-refractivity contribution in [3.63, 3.8) is 0 Å². The largest absolute Gasteiger partial charge is 0.311 e. The van der Waals surface area contributed by atoms with E-state index in [0.717, 1.165) is 13.1 Å². The van der Waals surface area contributed by atoms with Crippen molar-refractivity contribution in [1.82, 2.24) is 15.8 Å². The monoisotopic (exact) mass is 227 g/mol.